The maximum absolute atomic E-state index is 13.6. The van der Waals surface area contributed by atoms with Crippen LogP contribution in [0.5, 0.6) is 0 Å². The van der Waals surface area contributed by atoms with E-state index in [1.807, 2.05) is 4.90 Å². The number of anilines is 2. The molecule has 2 amide bonds. The highest BCUT2D eigenvalue weighted by molar-refractivity contribution is 6.33. The number of nitrogens with zero attached hydrogens (tertiary/aromatic N) is 1. The van der Waals surface area contributed by atoms with Gasteiger partial charge in [0.15, 0.2) is 0 Å². The van der Waals surface area contributed by atoms with Gasteiger partial charge in [0, 0.05) is 18.8 Å². The molecule has 1 fully saturated rings. The van der Waals surface area contributed by atoms with Gasteiger partial charge in [-0.05, 0) is 29.8 Å². The van der Waals surface area contributed by atoms with Crippen molar-refractivity contribution in [2.75, 3.05) is 29.9 Å². The van der Waals surface area contributed by atoms with Crippen molar-refractivity contribution in [2.45, 2.75) is 6.42 Å². The summed E-state index contributed by atoms with van der Waals surface area (Å²) in [5.74, 6) is -0.787. The maximum Gasteiger partial charge on any atom is 0.239 e. The van der Waals surface area contributed by atoms with Crippen LogP contribution < -0.4 is 15.5 Å². The molecule has 0 spiro atoms. The molecule has 5 nitrogen and oxygen atoms in total. The number of rotatable bonds is 4. The van der Waals surface area contributed by atoms with Crippen molar-refractivity contribution in [1.29, 1.82) is 0 Å². The van der Waals surface area contributed by atoms with Gasteiger partial charge in [0.1, 0.15) is 5.82 Å². The molecule has 1 aliphatic heterocycles. The Labute approximate surface area is 149 Å². The Kier molecular flexibility index (Phi) is 5.19. The number of hydrogen-bond donors (Lipinski definition) is 2. The second-order valence-corrected chi connectivity index (χ2v) is 6.16. The zero-order valence-electron chi connectivity index (χ0n) is 13.4. The Morgan fingerprint density at radius 1 is 1.28 bits per heavy atom. The highest BCUT2D eigenvalue weighted by Gasteiger charge is 2.19. The van der Waals surface area contributed by atoms with E-state index >= 15 is 0 Å². The van der Waals surface area contributed by atoms with E-state index in [2.05, 4.69) is 10.6 Å². The standard InChI is InChI=1S/C18H17ClFN3O2/c19-14-10-13(5-6-16(14)23-8-7-21-18(25)11-23)22-17(24)9-12-3-1-2-4-15(12)20/h1-6,10H,7-9,11H2,(H,21,25)(H,22,24). The molecule has 25 heavy (non-hydrogen) atoms. The molecule has 0 atom stereocenters. The number of hydrogen-bond acceptors (Lipinski definition) is 3. The van der Waals surface area contributed by atoms with Crippen LogP contribution in [0.4, 0.5) is 15.8 Å². The fourth-order valence-electron chi connectivity index (χ4n) is 2.71. The molecular weight excluding hydrogens is 345 g/mol. The van der Waals surface area contributed by atoms with E-state index in [1.54, 1.807) is 36.4 Å². The predicted octanol–water partition coefficient (Wildman–Crippen LogP) is 2.60. The van der Waals surface area contributed by atoms with Crippen LogP contribution in [0.3, 0.4) is 0 Å². The zero-order chi connectivity index (χ0) is 17.8. The molecule has 2 N–H and O–H groups in total. The molecule has 0 saturated carbocycles. The zero-order valence-corrected chi connectivity index (χ0v) is 14.1. The van der Waals surface area contributed by atoms with E-state index in [0.29, 0.717) is 29.4 Å². The fourth-order valence-corrected chi connectivity index (χ4v) is 3.01. The summed E-state index contributed by atoms with van der Waals surface area (Å²) < 4.78 is 13.6. The van der Waals surface area contributed by atoms with Crippen LogP contribution in [0, 0.1) is 5.82 Å². The molecule has 0 aliphatic carbocycles. The van der Waals surface area contributed by atoms with Crippen molar-refractivity contribution in [1.82, 2.24) is 5.32 Å². The normalized spacial score (nSPS) is 14.2. The van der Waals surface area contributed by atoms with Gasteiger partial charge in [0.05, 0.1) is 23.7 Å². The monoisotopic (exact) mass is 361 g/mol. The van der Waals surface area contributed by atoms with Crippen molar-refractivity contribution in [3.63, 3.8) is 0 Å². The lowest BCUT2D eigenvalue weighted by Crippen LogP contribution is -2.47. The minimum atomic E-state index is -0.408. The van der Waals surface area contributed by atoms with Gasteiger partial charge in [-0.3, -0.25) is 9.59 Å². The van der Waals surface area contributed by atoms with Crippen molar-refractivity contribution in [2.24, 2.45) is 0 Å². The first-order valence-electron chi connectivity index (χ1n) is 7.87. The number of nitrogens with one attached hydrogen (secondary N) is 2. The minimum absolute atomic E-state index is 0.0513. The Morgan fingerprint density at radius 2 is 2.08 bits per heavy atom. The lowest BCUT2D eigenvalue weighted by Gasteiger charge is -2.29. The summed E-state index contributed by atoms with van der Waals surface area (Å²) in [6.07, 6.45) is -0.0572. The highest BCUT2D eigenvalue weighted by Crippen LogP contribution is 2.29. The number of benzene rings is 2. The molecule has 1 saturated heterocycles. The van der Waals surface area contributed by atoms with Crippen LogP contribution >= 0.6 is 11.6 Å². The SMILES string of the molecule is O=C1CN(c2ccc(NC(=O)Cc3ccccc3F)cc2Cl)CCN1. The molecule has 1 heterocycles. The summed E-state index contributed by atoms with van der Waals surface area (Å²) in [5.41, 5.74) is 1.60. The fraction of sp³-hybridized carbons (Fsp3) is 0.222. The second kappa shape index (κ2) is 7.53. The van der Waals surface area contributed by atoms with Gasteiger partial charge in [-0.25, -0.2) is 4.39 Å². The number of piperazine rings is 1. The number of carbonyl (C=O) groups excluding carboxylic acids is 2. The topological polar surface area (TPSA) is 61.4 Å². The van der Waals surface area contributed by atoms with Gasteiger partial charge in [-0.1, -0.05) is 29.8 Å². The minimum Gasteiger partial charge on any atom is -0.359 e. The molecule has 0 bridgehead atoms. The van der Waals surface area contributed by atoms with Gasteiger partial charge in [0.2, 0.25) is 11.8 Å². The summed E-state index contributed by atoms with van der Waals surface area (Å²) in [6, 6.07) is 11.3. The largest absolute Gasteiger partial charge is 0.359 e. The highest BCUT2D eigenvalue weighted by atomic mass is 35.5. The predicted molar refractivity (Wildman–Crippen MR) is 95.4 cm³/mol. The molecule has 3 rings (SSSR count). The van der Waals surface area contributed by atoms with E-state index in [-0.39, 0.29) is 24.8 Å². The van der Waals surface area contributed by atoms with E-state index in [9.17, 15) is 14.0 Å². The Balaban J connectivity index is 1.67. The first-order valence-corrected chi connectivity index (χ1v) is 8.25. The third kappa shape index (κ3) is 4.28. The third-order valence-electron chi connectivity index (χ3n) is 3.92. The lowest BCUT2D eigenvalue weighted by atomic mass is 10.1. The van der Waals surface area contributed by atoms with Crippen LogP contribution in [0.15, 0.2) is 42.5 Å². The molecule has 130 valence electrons. The van der Waals surface area contributed by atoms with Gasteiger partial charge in [-0.15, -0.1) is 0 Å². The van der Waals surface area contributed by atoms with Crippen molar-refractivity contribution in [3.8, 4) is 0 Å². The summed E-state index contributed by atoms with van der Waals surface area (Å²) in [6.45, 7) is 1.49. The molecule has 2 aromatic carbocycles. The number of amides is 2. The molecule has 0 aromatic heterocycles. The van der Waals surface area contributed by atoms with Crippen LogP contribution in [-0.4, -0.2) is 31.4 Å². The summed E-state index contributed by atoms with van der Waals surface area (Å²) in [5, 5.41) is 5.91. The second-order valence-electron chi connectivity index (χ2n) is 5.75. The third-order valence-corrected chi connectivity index (χ3v) is 4.22. The van der Waals surface area contributed by atoms with Crippen LogP contribution in [0.25, 0.3) is 0 Å². The smallest absolute Gasteiger partial charge is 0.239 e. The van der Waals surface area contributed by atoms with E-state index in [4.69, 9.17) is 11.6 Å². The maximum atomic E-state index is 13.6. The first-order chi connectivity index (χ1) is 12.0. The lowest BCUT2D eigenvalue weighted by molar-refractivity contribution is -0.120. The molecule has 7 heteroatoms. The van der Waals surface area contributed by atoms with Gasteiger partial charge in [0.25, 0.3) is 0 Å². The van der Waals surface area contributed by atoms with Crippen molar-refractivity contribution >= 4 is 34.8 Å². The van der Waals surface area contributed by atoms with Crippen molar-refractivity contribution in [3.05, 3.63) is 58.9 Å². The van der Waals surface area contributed by atoms with Gasteiger partial charge < -0.3 is 15.5 Å². The average molecular weight is 362 g/mol. The molecule has 0 unspecified atom stereocenters. The number of halogens is 2. The molecular formula is C18H17ClFN3O2. The summed E-state index contributed by atoms with van der Waals surface area (Å²) >= 11 is 6.29. The van der Waals surface area contributed by atoms with E-state index in [0.717, 1.165) is 5.69 Å². The van der Waals surface area contributed by atoms with E-state index < -0.39 is 5.82 Å². The molecule has 2 aromatic rings. The van der Waals surface area contributed by atoms with Crippen LogP contribution in [0.2, 0.25) is 5.02 Å². The van der Waals surface area contributed by atoms with Crippen LogP contribution in [-0.2, 0) is 16.0 Å². The summed E-state index contributed by atoms with van der Waals surface area (Å²) in [4.78, 5) is 25.5. The van der Waals surface area contributed by atoms with Crippen LogP contribution in [0.1, 0.15) is 5.56 Å². The van der Waals surface area contributed by atoms with E-state index in [1.165, 1.54) is 6.07 Å². The quantitative estimate of drug-likeness (QED) is 0.880. The molecule has 1 aliphatic rings. The number of carbonyl (C=O) groups is 2. The Morgan fingerprint density at radius 3 is 2.80 bits per heavy atom. The first kappa shape index (κ1) is 17.2. The Hall–Kier alpha value is -2.60. The summed E-state index contributed by atoms with van der Waals surface area (Å²) in [7, 11) is 0. The van der Waals surface area contributed by atoms with Crippen molar-refractivity contribution < 1.29 is 14.0 Å². The molecule has 0 radical (unpaired) electrons. The average Bonchev–Trinajstić information content (AvgIpc) is 2.57. The Bertz CT molecular complexity index is 813. The van der Waals surface area contributed by atoms with Gasteiger partial charge >= 0.3 is 0 Å². The van der Waals surface area contributed by atoms with Gasteiger partial charge in [-0.2, -0.15) is 0 Å².